The molecule has 0 saturated carbocycles. The Morgan fingerprint density at radius 1 is 1.60 bits per heavy atom. The van der Waals surface area contributed by atoms with Gasteiger partial charge in [0.2, 0.25) is 0 Å². The van der Waals surface area contributed by atoms with E-state index in [1.165, 1.54) is 24.3 Å². The van der Waals surface area contributed by atoms with Crippen molar-refractivity contribution in [1.29, 1.82) is 0 Å². The summed E-state index contributed by atoms with van der Waals surface area (Å²) in [5, 5.41) is 9.06. The van der Waals surface area contributed by atoms with Gasteiger partial charge in [-0.1, -0.05) is 0 Å². The molecular weight excluding hydrogens is 210 g/mol. The lowest BCUT2D eigenvalue weighted by Gasteiger charge is -2.25. The molecule has 84 valence electrons. The molecule has 0 aromatic carbocycles. The van der Waals surface area contributed by atoms with Crippen LogP contribution in [0.25, 0.3) is 0 Å². The third-order valence-corrected chi connectivity index (χ3v) is 3.91. The number of nitrogens with zero attached hydrogens (tertiary/aromatic N) is 2. The van der Waals surface area contributed by atoms with Crippen molar-refractivity contribution in [2.75, 3.05) is 18.1 Å². The zero-order valence-corrected chi connectivity index (χ0v) is 9.49. The molecule has 1 unspecified atom stereocenters. The van der Waals surface area contributed by atoms with Crippen LogP contribution in [-0.2, 0) is 0 Å². The number of thioether (sulfide) groups is 1. The lowest BCUT2D eigenvalue weighted by Crippen LogP contribution is -2.23. The molecule has 1 atom stereocenters. The standard InChI is InChI=1S/C10H17N3OS/c11-9(6-14)10-5-12-7-13(10)8-1-3-15-4-2-8/h5,7-9,14H,1-4,6,11H2. The van der Waals surface area contributed by atoms with Gasteiger partial charge in [-0.25, -0.2) is 4.98 Å². The lowest BCUT2D eigenvalue weighted by atomic mass is 10.1. The first-order chi connectivity index (χ1) is 7.33. The van der Waals surface area contributed by atoms with Crippen molar-refractivity contribution in [3.05, 3.63) is 18.2 Å². The maximum atomic E-state index is 9.06. The molecule has 4 nitrogen and oxygen atoms in total. The number of aliphatic hydroxyl groups excluding tert-OH is 1. The highest BCUT2D eigenvalue weighted by Gasteiger charge is 2.19. The number of aromatic nitrogens is 2. The second-order valence-corrected chi connectivity index (χ2v) is 5.08. The van der Waals surface area contributed by atoms with Crippen molar-refractivity contribution in [3.8, 4) is 0 Å². The molecule has 1 aliphatic heterocycles. The van der Waals surface area contributed by atoms with Gasteiger partial charge in [0, 0.05) is 12.2 Å². The van der Waals surface area contributed by atoms with Gasteiger partial charge in [-0.2, -0.15) is 11.8 Å². The van der Waals surface area contributed by atoms with Crippen LogP contribution in [0.1, 0.15) is 30.6 Å². The Balaban J connectivity index is 2.15. The second kappa shape index (κ2) is 5.01. The van der Waals surface area contributed by atoms with Crippen LogP contribution < -0.4 is 5.73 Å². The van der Waals surface area contributed by atoms with Gasteiger partial charge in [-0.15, -0.1) is 0 Å². The number of hydrogen-bond acceptors (Lipinski definition) is 4. The van der Waals surface area contributed by atoms with Crippen LogP contribution in [-0.4, -0.2) is 32.8 Å². The van der Waals surface area contributed by atoms with E-state index in [0.717, 1.165) is 5.69 Å². The van der Waals surface area contributed by atoms with E-state index in [1.807, 2.05) is 18.1 Å². The summed E-state index contributed by atoms with van der Waals surface area (Å²) in [6, 6.07) is 0.212. The van der Waals surface area contributed by atoms with Crippen molar-refractivity contribution in [2.45, 2.75) is 24.9 Å². The van der Waals surface area contributed by atoms with E-state index in [0.29, 0.717) is 6.04 Å². The Morgan fingerprint density at radius 3 is 3.00 bits per heavy atom. The minimum absolute atomic E-state index is 0.0207. The molecular formula is C10H17N3OS. The molecule has 3 N–H and O–H groups in total. The first-order valence-corrected chi connectivity index (χ1v) is 6.44. The van der Waals surface area contributed by atoms with Gasteiger partial charge in [-0.05, 0) is 24.3 Å². The van der Waals surface area contributed by atoms with E-state index in [2.05, 4.69) is 9.55 Å². The molecule has 0 radical (unpaired) electrons. The van der Waals surface area contributed by atoms with Crippen LogP contribution >= 0.6 is 11.8 Å². The van der Waals surface area contributed by atoms with Gasteiger partial charge in [-0.3, -0.25) is 0 Å². The summed E-state index contributed by atoms with van der Waals surface area (Å²) in [5.74, 6) is 2.41. The highest BCUT2D eigenvalue weighted by atomic mass is 32.2. The zero-order chi connectivity index (χ0) is 10.7. The van der Waals surface area contributed by atoms with Crippen molar-refractivity contribution < 1.29 is 5.11 Å². The van der Waals surface area contributed by atoms with E-state index in [-0.39, 0.29) is 12.6 Å². The fourth-order valence-electron chi connectivity index (χ4n) is 1.96. The van der Waals surface area contributed by atoms with Crippen LogP contribution in [0.3, 0.4) is 0 Å². The Hall–Kier alpha value is -0.520. The number of hydrogen-bond donors (Lipinski definition) is 2. The van der Waals surface area contributed by atoms with Crippen LogP contribution in [0, 0.1) is 0 Å². The zero-order valence-electron chi connectivity index (χ0n) is 8.67. The summed E-state index contributed by atoms with van der Waals surface area (Å²) in [4.78, 5) is 4.13. The Bertz CT molecular complexity index is 309. The van der Waals surface area contributed by atoms with Gasteiger partial charge in [0.05, 0.1) is 24.7 Å². The van der Waals surface area contributed by atoms with E-state index in [9.17, 15) is 0 Å². The molecule has 1 saturated heterocycles. The molecule has 2 heterocycles. The number of aliphatic hydroxyl groups is 1. The summed E-state index contributed by atoms with van der Waals surface area (Å²) in [6.45, 7) is -0.0207. The summed E-state index contributed by atoms with van der Waals surface area (Å²) >= 11 is 2.00. The Morgan fingerprint density at radius 2 is 2.33 bits per heavy atom. The first-order valence-electron chi connectivity index (χ1n) is 5.29. The van der Waals surface area contributed by atoms with Crippen LogP contribution in [0.2, 0.25) is 0 Å². The topological polar surface area (TPSA) is 64.1 Å². The van der Waals surface area contributed by atoms with Gasteiger partial charge in [0.25, 0.3) is 0 Å². The minimum Gasteiger partial charge on any atom is -0.394 e. The summed E-state index contributed by atoms with van der Waals surface area (Å²) in [5.41, 5.74) is 6.78. The van der Waals surface area contributed by atoms with E-state index in [4.69, 9.17) is 10.8 Å². The predicted octanol–water partition coefficient (Wildman–Crippen LogP) is 0.943. The average Bonchev–Trinajstić information content (AvgIpc) is 2.78. The molecule has 15 heavy (non-hydrogen) atoms. The van der Waals surface area contributed by atoms with E-state index in [1.54, 1.807) is 6.20 Å². The van der Waals surface area contributed by atoms with E-state index >= 15 is 0 Å². The van der Waals surface area contributed by atoms with Gasteiger partial charge in [0.15, 0.2) is 0 Å². The van der Waals surface area contributed by atoms with Crippen molar-refractivity contribution in [2.24, 2.45) is 5.73 Å². The largest absolute Gasteiger partial charge is 0.394 e. The first kappa shape index (κ1) is 11.0. The van der Waals surface area contributed by atoms with Gasteiger partial charge < -0.3 is 15.4 Å². The van der Waals surface area contributed by atoms with Gasteiger partial charge in [0.1, 0.15) is 0 Å². The normalized spacial score (nSPS) is 20.4. The fraction of sp³-hybridized carbons (Fsp3) is 0.700. The molecule has 1 fully saturated rings. The number of rotatable bonds is 3. The SMILES string of the molecule is NC(CO)c1cncn1C1CCSCC1. The third kappa shape index (κ3) is 2.35. The summed E-state index contributed by atoms with van der Waals surface area (Å²) < 4.78 is 2.14. The second-order valence-electron chi connectivity index (χ2n) is 3.86. The van der Waals surface area contributed by atoms with Crippen LogP contribution in [0.15, 0.2) is 12.5 Å². The molecule has 1 aromatic heterocycles. The average molecular weight is 227 g/mol. The Kier molecular flexibility index (Phi) is 3.66. The molecule has 0 amide bonds. The van der Waals surface area contributed by atoms with Crippen LogP contribution in [0.5, 0.6) is 0 Å². The summed E-state index contributed by atoms with van der Waals surface area (Å²) in [6.07, 6.45) is 5.95. The molecule has 5 heteroatoms. The fourth-order valence-corrected chi connectivity index (χ4v) is 3.05. The highest BCUT2D eigenvalue weighted by molar-refractivity contribution is 7.99. The molecule has 1 aliphatic rings. The third-order valence-electron chi connectivity index (χ3n) is 2.86. The van der Waals surface area contributed by atoms with E-state index < -0.39 is 0 Å². The van der Waals surface area contributed by atoms with Gasteiger partial charge >= 0.3 is 0 Å². The smallest absolute Gasteiger partial charge is 0.0951 e. The molecule has 0 aliphatic carbocycles. The molecule has 0 bridgehead atoms. The van der Waals surface area contributed by atoms with Crippen LogP contribution in [0.4, 0.5) is 0 Å². The molecule has 1 aromatic rings. The number of imidazole rings is 1. The predicted molar refractivity (Wildman–Crippen MR) is 61.8 cm³/mol. The van der Waals surface area contributed by atoms with Crippen molar-refractivity contribution in [1.82, 2.24) is 9.55 Å². The maximum absolute atomic E-state index is 9.06. The number of nitrogens with two attached hydrogens (primary N) is 1. The minimum atomic E-state index is -0.304. The molecule has 0 spiro atoms. The van der Waals surface area contributed by atoms with Crippen molar-refractivity contribution in [3.63, 3.8) is 0 Å². The highest BCUT2D eigenvalue weighted by Crippen LogP contribution is 2.28. The monoisotopic (exact) mass is 227 g/mol. The summed E-state index contributed by atoms with van der Waals surface area (Å²) in [7, 11) is 0. The Labute approximate surface area is 93.9 Å². The lowest BCUT2D eigenvalue weighted by molar-refractivity contribution is 0.260. The van der Waals surface area contributed by atoms with Crippen molar-refractivity contribution >= 4 is 11.8 Å². The maximum Gasteiger partial charge on any atom is 0.0951 e. The quantitative estimate of drug-likeness (QED) is 0.806. The molecule has 2 rings (SSSR count).